The maximum Gasteiger partial charge on any atom is 0.406 e. The van der Waals surface area contributed by atoms with Crippen LogP contribution in [0.4, 0.5) is 13.2 Å². The molecule has 0 N–H and O–H groups in total. The van der Waals surface area contributed by atoms with Crippen LogP contribution in [0, 0.1) is 5.92 Å². The van der Waals surface area contributed by atoms with Crippen LogP contribution in [0.25, 0.3) is 0 Å². The van der Waals surface area contributed by atoms with Gasteiger partial charge in [-0.1, -0.05) is 19.8 Å². The fourth-order valence-corrected chi connectivity index (χ4v) is 2.55. The third-order valence-corrected chi connectivity index (χ3v) is 4.00. The van der Waals surface area contributed by atoms with E-state index in [-0.39, 0.29) is 12.0 Å². The van der Waals surface area contributed by atoms with Crippen LogP contribution in [0.1, 0.15) is 32.6 Å². The quantitative estimate of drug-likeness (QED) is 0.745. The molecule has 1 aliphatic carbocycles. The van der Waals surface area contributed by atoms with Crippen LogP contribution in [-0.4, -0.2) is 67.7 Å². The summed E-state index contributed by atoms with van der Waals surface area (Å²) < 4.78 is 43.4. The Morgan fingerprint density at radius 3 is 2.26 bits per heavy atom. The predicted octanol–water partition coefficient (Wildman–Crippen LogP) is 2.06. The molecule has 2 atom stereocenters. The minimum Gasteiger partial charge on any atom is -0.368 e. The molecular weight excluding hydrogens is 313 g/mol. The van der Waals surface area contributed by atoms with Gasteiger partial charge in [-0.2, -0.15) is 13.2 Å². The first-order chi connectivity index (χ1) is 10.6. The number of nitrogens with zero attached hydrogens (tertiary/aromatic N) is 2. The molecule has 0 aromatic rings. The van der Waals surface area contributed by atoms with E-state index in [0.717, 1.165) is 30.6 Å². The minimum atomic E-state index is -4.56. The lowest BCUT2D eigenvalue weighted by Gasteiger charge is -2.30. The van der Waals surface area contributed by atoms with Gasteiger partial charge < -0.3 is 14.5 Å². The van der Waals surface area contributed by atoms with E-state index >= 15 is 0 Å². The zero-order valence-corrected chi connectivity index (χ0v) is 13.9. The highest BCUT2D eigenvalue weighted by Crippen LogP contribution is 2.26. The Morgan fingerprint density at radius 2 is 1.74 bits per heavy atom. The van der Waals surface area contributed by atoms with Gasteiger partial charge in [-0.25, -0.2) is 0 Å². The largest absolute Gasteiger partial charge is 0.406 e. The van der Waals surface area contributed by atoms with Crippen molar-refractivity contribution in [2.45, 2.75) is 44.9 Å². The van der Waals surface area contributed by atoms with Gasteiger partial charge in [0.1, 0.15) is 19.7 Å². The number of ether oxygens (including phenoxy) is 1. The summed E-state index contributed by atoms with van der Waals surface area (Å²) >= 11 is 0. The van der Waals surface area contributed by atoms with E-state index < -0.39 is 37.7 Å². The summed E-state index contributed by atoms with van der Waals surface area (Å²) in [5, 5.41) is 0. The molecule has 1 rings (SSSR count). The van der Waals surface area contributed by atoms with Crippen LogP contribution in [-0.2, 0) is 14.3 Å². The lowest BCUT2D eigenvalue weighted by molar-refractivity contribution is -0.168. The molecule has 1 saturated carbocycles. The van der Waals surface area contributed by atoms with Crippen LogP contribution >= 0.6 is 0 Å². The third-order valence-electron chi connectivity index (χ3n) is 4.00. The Labute approximate surface area is 134 Å². The summed E-state index contributed by atoms with van der Waals surface area (Å²) in [5.74, 6) is -1.08. The van der Waals surface area contributed by atoms with Gasteiger partial charge in [0.05, 0.1) is 6.10 Å². The average Bonchev–Trinajstić information content (AvgIpc) is 2.43. The van der Waals surface area contributed by atoms with Gasteiger partial charge in [-0.3, -0.25) is 9.59 Å². The second-order valence-electron chi connectivity index (χ2n) is 6.26. The SMILES string of the molecule is C[C@H]1CCCC[C@@H]1OCC(=O)N(CC(=O)N(C)C)CC(F)(F)F. The van der Waals surface area contributed by atoms with Gasteiger partial charge in [-0.15, -0.1) is 0 Å². The Hall–Kier alpha value is -1.31. The van der Waals surface area contributed by atoms with Crippen LogP contribution < -0.4 is 0 Å². The molecular formula is C15H25F3N2O3. The maximum absolute atomic E-state index is 12.6. The van der Waals surface area contributed by atoms with E-state index in [1.165, 1.54) is 14.1 Å². The first-order valence-electron chi connectivity index (χ1n) is 7.76. The van der Waals surface area contributed by atoms with E-state index in [0.29, 0.717) is 4.90 Å². The number of rotatable bonds is 6. The molecule has 1 aliphatic rings. The summed E-state index contributed by atoms with van der Waals surface area (Å²) in [4.78, 5) is 25.3. The summed E-state index contributed by atoms with van der Waals surface area (Å²) in [7, 11) is 2.86. The second-order valence-corrected chi connectivity index (χ2v) is 6.26. The molecule has 23 heavy (non-hydrogen) atoms. The van der Waals surface area contributed by atoms with Crippen LogP contribution in [0.15, 0.2) is 0 Å². The first kappa shape index (κ1) is 19.7. The minimum absolute atomic E-state index is 0.106. The fourth-order valence-electron chi connectivity index (χ4n) is 2.55. The van der Waals surface area contributed by atoms with E-state index in [9.17, 15) is 22.8 Å². The molecule has 2 amide bonds. The van der Waals surface area contributed by atoms with Gasteiger partial charge in [0.2, 0.25) is 11.8 Å². The van der Waals surface area contributed by atoms with Crippen LogP contribution in [0.2, 0.25) is 0 Å². The van der Waals surface area contributed by atoms with Crippen LogP contribution in [0.3, 0.4) is 0 Å². The lowest BCUT2D eigenvalue weighted by atomic mass is 9.88. The molecule has 0 aromatic carbocycles. The summed E-state index contributed by atoms with van der Waals surface area (Å²) in [6.07, 6.45) is -0.763. The average molecular weight is 338 g/mol. The Kier molecular flexibility index (Phi) is 7.31. The standard InChI is InChI=1S/C15H25F3N2O3/c1-11-6-4-5-7-12(11)23-9-14(22)20(10-15(16,17)18)8-13(21)19(2)3/h11-12H,4-10H2,1-3H3/t11-,12-/m0/s1. The van der Waals surface area contributed by atoms with E-state index in [1.807, 2.05) is 6.92 Å². The molecule has 8 heteroatoms. The monoisotopic (exact) mass is 338 g/mol. The van der Waals surface area contributed by atoms with Crippen molar-refractivity contribution in [3.63, 3.8) is 0 Å². The summed E-state index contributed by atoms with van der Waals surface area (Å²) in [6.45, 7) is -0.465. The van der Waals surface area contributed by atoms with Crippen molar-refractivity contribution >= 4 is 11.8 Å². The second kappa shape index (κ2) is 8.52. The number of likely N-dealkylation sites (N-methyl/N-ethyl adjacent to an activating group) is 1. The van der Waals surface area contributed by atoms with Gasteiger partial charge in [0.25, 0.3) is 0 Å². The number of hydrogen-bond acceptors (Lipinski definition) is 3. The van der Waals surface area contributed by atoms with E-state index in [1.54, 1.807) is 0 Å². The lowest BCUT2D eigenvalue weighted by Crippen LogP contribution is -2.46. The van der Waals surface area contributed by atoms with E-state index in [4.69, 9.17) is 4.74 Å². The molecule has 0 aliphatic heterocycles. The Bertz CT molecular complexity index is 413. The van der Waals surface area contributed by atoms with Crippen molar-refractivity contribution in [1.82, 2.24) is 9.80 Å². The predicted molar refractivity (Wildman–Crippen MR) is 78.7 cm³/mol. The van der Waals surface area contributed by atoms with Crippen LogP contribution in [0.5, 0.6) is 0 Å². The maximum atomic E-state index is 12.6. The number of carbonyl (C=O) groups excluding carboxylic acids is 2. The first-order valence-corrected chi connectivity index (χ1v) is 7.76. The number of halogens is 3. The molecule has 0 saturated heterocycles. The highest BCUT2D eigenvalue weighted by molar-refractivity contribution is 5.85. The number of hydrogen-bond donors (Lipinski definition) is 0. The van der Waals surface area contributed by atoms with Gasteiger partial charge in [0.15, 0.2) is 0 Å². The summed E-state index contributed by atoms with van der Waals surface area (Å²) in [6, 6.07) is 0. The normalized spacial score (nSPS) is 21.8. The molecule has 0 bridgehead atoms. The summed E-state index contributed by atoms with van der Waals surface area (Å²) in [5.41, 5.74) is 0. The van der Waals surface area contributed by atoms with Crippen molar-refractivity contribution in [3.05, 3.63) is 0 Å². The Morgan fingerprint density at radius 1 is 1.13 bits per heavy atom. The molecule has 134 valence electrons. The number of alkyl halides is 3. The highest BCUT2D eigenvalue weighted by atomic mass is 19.4. The zero-order valence-electron chi connectivity index (χ0n) is 13.9. The zero-order chi connectivity index (χ0) is 17.6. The van der Waals surface area contributed by atoms with Crippen molar-refractivity contribution in [2.75, 3.05) is 33.8 Å². The van der Waals surface area contributed by atoms with Crippen molar-refractivity contribution in [2.24, 2.45) is 5.92 Å². The molecule has 0 radical (unpaired) electrons. The van der Waals surface area contributed by atoms with E-state index in [2.05, 4.69) is 0 Å². The molecule has 0 heterocycles. The molecule has 1 fully saturated rings. The molecule has 5 nitrogen and oxygen atoms in total. The highest BCUT2D eigenvalue weighted by Gasteiger charge is 2.34. The molecule has 0 unspecified atom stereocenters. The van der Waals surface area contributed by atoms with Crippen molar-refractivity contribution in [1.29, 1.82) is 0 Å². The van der Waals surface area contributed by atoms with Gasteiger partial charge >= 0.3 is 6.18 Å². The van der Waals surface area contributed by atoms with Crippen molar-refractivity contribution < 1.29 is 27.5 Å². The number of amides is 2. The molecule has 0 aromatic heterocycles. The fraction of sp³-hybridized carbons (Fsp3) is 0.867. The Balaban J connectivity index is 2.61. The van der Waals surface area contributed by atoms with Gasteiger partial charge in [0, 0.05) is 14.1 Å². The smallest absolute Gasteiger partial charge is 0.368 e. The topological polar surface area (TPSA) is 49.9 Å². The van der Waals surface area contributed by atoms with Crippen molar-refractivity contribution in [3.8, 4) is 0 Å². The third kappa shape index (κ3) is 7.20. The molecule has 0 spiro atoms. The van der Waals surface area contributed by atoms with Gasteiger partial charge in [-0.05, 0) is 18.8 Å². The number of carbonyl (C=O) groups is 2.